The molecule has 0 saturated heterocycles. The fourth-order valence-corrected chi connectivity index (χ4v) is 5.10. The molecule has 0 bridgehead atoms. The number of benzene rings is 2. The van der Waals surface area contributed by atoms with Gasteiger partial charge in [-0.25, -0.2) is 0 Å². The van der Waals surface area contributed by atoms with E-state index in [4.69, 9.17) is 5.11 Å². The molecule has 24 heavy (non-hydrogen) atoms. The van der Waals surface area contributed by atoms with Crippen LogP contribution in [-0.2, 0) is 4.79 Å². The van der Waals surface area contributed by atoms with Crippen LogP contribution in [0.15, 0.2) is 60.7 Å². The summed E-state index contributed by atoms with van der Waals surface area (Å²) in [5, 5.41) is 22.9. The Hall–Kier alpha value is -1.74. The fraction of sp³-hybridized carbons (Fsp3) is 0.316. The van der Waals surface area contributed by atoms with Crippen LogP contribution >= 0.6 is 7.92 Å². The van der Waals surface area contributed by atoms with Gasteiger partial charge < -0.3 is 20.3 Å². The molecule has 0 heterocycles. The highest BCUT2D eigenvalue weighted by molar-refractivity contribution is 7.74. The van der Waals surface area contributed by atoms with Gasteiger partial charge in [0, 0.05) is 15.0 Å². The van der Waals surface area contributed by atoms with Crippen LogP contribution in [0.2, 0.25) is 0 Å². The highest BCUT2D eigenvalue weighted by atomic mass is 31.1. The van der Waals surface area contributed by atoms with Gasteiger partial charge in [-0.15, -0.1) is 0 Å². The first-order chi connectivity index (χ1) is 11.4. The molecular weight excluding hydrogens is 321 g/mol. The van der Waals surface area contributed by atoms with Crippen molar-refractivity contribution in [2.45, 2.75) is 32.1 Å². The molecule has 1 atom stereocenters. The van der Waals surface area contributed by atoms with E-state index in [2.05, 4.69) is 0 Å². The van der Waals surface area contributed by atoms with Crippen LogP contribution in [0.5, 0.6) is 0 Å². The normalized spacial score (nSPS) is 12.2. The Morgan fingerprint density at radius 2 is 1.33 bits per heavy atom. The second-order valence-electron chi connectivity index (χ2n) is 6.34. The van der Waals surface area contributed by atoms with Gasteiger partial charge in [0.05, 0.1) is 5.54 Å². The molecule has 130 valence electrons. The Bertz CT molecular complexity index is 572. The molecule has 0 radical (unpaired) electrons. The smallest absolute Gasteiger partial charge is 0.152 e. The van der Waals surface area contributed by atoms with Crippen molar-refractivity contribution in [3.63, 3.8) is 0 Å². The van der Waals surface area contributed by atoms with Gasteiger partial charge in [-0.2, -0.15) is 0 Å². The zero-order valence-corrected chi connectivity index (χ0v) is 15.5. The first-order valence-corrected chi connectivity index (χ1v) is 9.20. The molecule has 0 saturated carbocycles. The van der Waals surface area contributed by atoms with Crippen molar-refractivity contribution in [3.8, 4) is 0 Å². The number of carbonyl (C=O) groups is 1. The number of carbonyl (C=O) groups excluding carboxylic acids is 1. The van der Waals surface area contributed by atoms with Crippen LogP contribution in [0, 0.1) is 0 Å². The number of hydrogen-bond donors (Lipinski definition) is 2. The number of nitrogens with two attached hydrogens (primary N) is 1. The number of quaternary nitrogens is 1. The van der Waals surface area contributed by atoms with Crippen LogP contribution in [0.3, 0.4) is 0 Å². The lowest BCUT2D eigenvalue weighted by Crippen LogP contribution is -3.00. The minimum atomic E-state index is -1.04. The Morgan fingerprint density at radius 1 is 0.958 bits per heavy atom. The van der Waals surface area contributed by atoms with Gasteiger partial charge in [0.1, 0.15) is 5.97 Å². The van der Waals surface area contributed by atoms with Gasteiger partial charge in [0.25, 0.3) is 0 Å². The maximum absolute atomic E-state index is 11.8. The first-order valence-electron chi connectivity index (χ1n) is 7.79. The van der Waals surface area contributed by atoms with E-state index in [0.29, 0.717) is 0 Å². The molecule has 2 aromatic carbocycles. The third kappa shape index (κ3) is 6.04. The highest BCUT2D eigenvalue weighted by Gasteiger charge is 2.32. The van der Waals surface area contributed by atoms with E-state index in [9.17, 15) is 9.90 Å². The summed E-state index contributed by atoms with van der Waals surface area (Å²) in [5.74, 6) is -1.62. The third-order valence-corrected chi connectivity index (χ3v) is 5.87. The number of rotatable bonds is 5. The molecule has 5 heteroatoms. The average molecular weight is 347 g/mol. The van der Waals surface area contributed by atoms with E-state index in [1.807, 2.05) is 86.8 Å². The Morgan fingerprint density at radius 3 is 1.62 bits per heavy atom. The minimum absolute atomic E-state index is 0.186. The zero-order valence-electron chi connectivity index (χ0n) is 14.6. The van der Waals surface area contributed by atoms with Gasteiger partial charge in [0.2, 0.25) is 0 Å². The van der Waals surface area contributed by atoms with E-state index >= 15 is 0 Å². The lowest BCUT2D eigenvalue weighted by molar-refractivity contribution is -0.724. The Balaban J connectivity index is 0.00000139. The summed E-state index contributed by atoms with van der Waals surface area (Å²) in [7, 11) is -0.0357. The molecule has 0 unspecified atom stereocenters. The summed E-state index contributed by atoms with van der Waals surface area (Å²) in [4.78, 5) is 11.8. The van der Waals surface area contributed by atoms with E-state index in [1.54, 1.807) is 0 Å². The molecule has 0 aromatic heterocycles. The molecule has 0 aliphatic heterocycles. The summed E-state index contributed by atoms with van der Waals surface area (Å²) >= 11 is 0. The standard InChI is InChI=1S/C18H22NO2P.CH4O/c1-18(2,3)19-16(17(20)21)22(14-10-6-4-7-11-14)15-12-8-5-9-13-15;1-2/h4-13,16,19H,1-3H3,(H,20,21);2H,1H3/t16-;/m0./s1. The van der Waals surface area contributed by atoms with Crippen molar-refractivity contribution < 1.29 is 20.3 Å². The first kappa shape index (κ1) is 20.3. The van der Waals surface area contributed by atoms with Gasteiger partial charge in [0.15, 0.2) is 5.78 Å². The summed E-state index contributed by atoms with van der Waals surface area (Å²) in [6.45, 7) is 6.06. The van der Waals surface area contributed by atoms with Gasteiger partial charge >= 0.3 is 0 Å². The second kappa shape index (κ2) is 9.53. The Kier molecular flexibility index (Phi) is 8.06. The maximum atomic E-state index is 11.8. The Labute approximate surface area is 145 Å². The molecule has 0 amide bonds. The van der Waals surface area contributed by atoms with Crippen molar-refractivity contribution in [1.82, 2.24) is 0 Å². The molecule has 4 nitrogen and oxygen atoms in total. The fourth-order valence-electron chi connectivity index (χ4n) is 2.37. The summed E-state index contributed by atoms with van der Waals surface area (Å²) in [6.07, 6.45) is 0. The second-order valence-corrected chi connectivity index (χ2v) is 8.67. The lowest BCUT2D eigenvalue weighted by atomic mass is 10.1. The number of hydrogen-bond acceptors (Lipinski definition) is 3. The third-order valence-electron chi connectivity index (χ3n) is 3.25. The van der Waals surface area contributed by atoms with E-state index in [-0.39, 0.29) is 5.54 Å². The van der Waals surface area contributed by atoms with Crippen LogP contribution in [0.4, 0.5) is 0 Å². The largest absolute Gasteiger partial charge is 0.544 e. The molecule has 3 N–H and O–H groups in total. The van der Waals surface area contributed by atoms with Crippen LogP contribution in [0.1, 0.15) is 20.8 Å². The number of aliphatic carboxylic acids is 1. The van der Waals surface area contributed by atoms with Gasteiger partial charge in [-0.3, -0.25) is 0 Å². The van der Waals surface area contributed by atoms with Gasteiger partial charge in [-0.05, 0) is 31.4 Å². The van der Waals surface area contributed by atoms with Crippen molar-refractivity contribution >= 4 is 24.5 Å². The van der Waals surface area contributed by atoms with E-state index < -0.39 is 19.7 Å². The monoisotopic (exact) mass is 347 g/mol. The molecule has 0 fully saturated rings. The SMILES string of the molecule is CC(C)(C)[NH2+][C@H](C(=O)[O-])P(c1ccccc1)c1ccccc1.CO. The molecule has 0 aliphatic rings. The molecular formula is C19H26NO3P. The topological polar surface area (TPSA) is 77.0 Å². The number of aliphatic hydroxyl groups is 1. The van der Waals surface area contributed by atoms with Crippen molar-refractivity contribution in [2.24, 2.45) is 0 Å². The quantitative estimate of drug-likeness (QED) is 0.757. The summed E-state index contributed by atoms with van der Waals surface area (Å²) in [5.41, 5.74) is -0.186. The van der Waals surface area contributed by atoms with Crippen LogP contribution < -0.4 is 21.0 Å². The van der Waals surface area contributed by atoms with Crippen molar-refractivity contribution in [3.05, 3.63) is 60.7 Å². The predicted molar refractivity (Wildman–Crippen MR) is 97.7 cm³/mol. The van der Waals surface area contributed by atoms with Gasteiger partial charge in [-0.1, -0.05) is 60.7 Å². The predicted octanol–water partition coefficient (Wildman–Crippen LogP) is 0.166. The molecule has 2 rings (SSSR count). The summed E-state index contributed by atoms with van der Waals surface area (Å²) in [6, 6.07) is 19.7. The number of carboxylic acids is 1. The minimum Gasteiger partial charge on any atom is -0.544 e. The van der Waals surface area contributed by atoms with E-state index in [0.717, 1.165) is 17.7 Å². The highest BCUT2D eigenvalue weighted by Crippen LogP contribution is 2.36. The lowest BCUT2D eigenvalue weighted by Gasteiger charge is -2.32. The van der Waals surface area contributed by atoms with Crippen molar-refractivity contribution in [2.75, 3.05) is 7.11 Å². The average Bonchev–Trinajstić information content (AvgIpc) is 2.57. The van der Waals surface area contributed by atoms with Crippen LogP contribution in [-0.4, -0.2) is 29.5 Å². The van der Waals surface area contributed by atoms with Crippen LogP contribution in [0.25, 0.3) is 0 Å². The molecule has 0 spiro atoms. The van der Waals surface area contributed by atoms with Crippen molar-refractivity contribution in [1.29, 1.82) is 0 Å². The number of aliphatic hydroxyl groups excluding tert-OH is 1. The molecule has 2 aromatic rings. The maximum Gasteiger partial charge on any atom is 0.152 e. The zero-order chi connectivity index (χ0) is 18.2. The molecule has 0 aliphatic carbocycles. The number of carboxylic acid groups (broad SMARTS) is 1. The van der Waals surface area contributed by atoms with E-state index in [1.165, 1.54) is 0 Å². The summed E-state index contributed by atoms with van der Waals surface area (Å²) < 4.78 is 0.